The molecule has 2 aliphatic rings. The van der Waals surface area contributed by atoms with Gasteiger partial charge in [0, 0.05) is 32.1 Å². The summed E-state index contributed by atoms with van der Waals surface area (Å²) in [5.74, 6) is -0.717. The van der Waals surface area contributed by atoms with E-state index < -0.39 is 11.4 Å². The molecule has 0 aromatic rings. The molecule has 114 valence electrons. The zero-order chi connectivity index (χ0) is 14.8. The molecule has 5 nitrogen and oxygen atoms in total. The van der Waals surface area contributed by atoms with Gasteiger partial charge in [0.25, 0.3) is 0 Å². The maximum Gasteiger partial charge on any atom is 0.303 e. The van der Waals surface area contributed by atoms with Crippen LogP contribution in [-0.4, -0.2) is 59.0 Å². The van der Waals surface area contributed by atoms with Gasteiger partial charge in [-0.3, -0.25) is 14.5 Å². The van der Waals surface area contributed by atoms with Gasteiger partial charge >= 0.3 is 5.97 Å². The molecule has 1 unspecified atom stereocenters. The zero-order valence-corrected chi connectivity index (χ0v) is 12.6. The van der Waals surface area contributed by atoms with Crippen molar-refractivity contribution >= 4 is 11.9 Å². The van der Waals surface area contributed by atoms with Crippen LogP contribution in [0.3, 0.4) is 0 Å². The molecule has 1 N–H and O–H groups in total. The Morgan fingerprint density at radius 1 is 1.15 bits per heavy atom. The third-order valence-corrected chi connectivity index (χ3v) is 4.42. The van der Waals surface area contributed by atoms with Gasteiger partial charge in [0.1, 0.15) is 0 Å². The van der Waals surface area contributed by atoms with Crippen LogP contribution in [0, 0.1) is 5.41 Å². The topological polar surface area (TPSA) is 60.9 Å². The molecule has 0 bridgehead atoms. The molecule has 0 radical (unpaired) electrons. The van der Waals surface area contributed by atoms with Gasteiger partial charge in [-0.2, -0.15) is 0 Å². The van der Waals surface area contributed by atoms with Gasteiger partial charge in [-0.15, -0.1) is 0 Å². The Balaban J connectivity index is 1.92. The molecular weight excluding hydrogens is 256 g/mol. The lowest BCUT2D eigenvalue weighted by molar-refractivity contribution is -0.140. The Labute approximate surface area is 120 Å². The van der Waals surface area contributed by atoms with Gasteiger partial charge < -0.3 is 10.0 Å². The molecule has 0 spiro atoms. The number of carboxylic acids is 1. The van der Waals surface area contributed by atoms with Gasteiger partial charge in [-0.05, 0) is 31.2 Å². The minimum absolute atomic E-state index is 0.0438. The SMILES string of the molecule is CC(C)(CC(=O)O)CC(=O)N1CCCN2CCCC2C1. The van der Waals surface area contributed by atoms with Crippen molar-refractivity contribution in [3.8, 4) is 0 Å². The van der Waals surface area contributed by atoms with E-state index in [1.807, 2.05) is 18.7 Å². The standard InChI is InChI=1S/C15H26N2O3/c1-15(2,10-14(19)20)9-13(18)17-8-4-7-16-6-3-5-12(16)11-17/h12H,3-11H2,1-2H3,(H,19,20). The second kappa shape index (κ2) is 6.12. The average Bonchev–Trinajstić information content (AvgIpc) is 2.63. The van der Waals surface area contributed by atoms with E-state index >= 15 is 0 Å². The minimum atomic E-state index is -0.833. The fourth-order valence-electron chi connectivity index (χ4n) is 3.43. The Hall–Kier alpha value is -1.10. The number of rotatable bonds is 4. The van der Waals surface area contributed by atoms with Crippen LogP contribution in [0.2, 0.25) is 0 Å². The normalized spacial score (nSPS) is 24.3. The smallest absolute Gasteiger partial charge is 0.303 e. The van der Waals surface area contributed by atoms with Gasteiger partial charge in [-0.1, -0.05) is 13.8 Å². The van der Waals surface area contributed by atoms with E-state index in [4.69, 9.17) is 5.11 Å². The highest BCUT2D eigenvalue weighted by molar-refractivity contribution is 5.78. The van der Waals surface area contributed by atoms with Gasteiger partial charge in [-0.25, -0.2) is 0 Å². The summed E-state index contributed by atoms with van der Waals surface area (Å²) in [5, 5.41) is 8.91. The van der Waals surface area contributed by atoms with Crippen molar-refractivity contribution in [2.45, 2.75) is 52.0 Å². The summed E-state index contributed by atoms with van der Waals surface area (Å²) in [6.45, 7) is 7.61. The van der Waals surface area contributed by atoms with E-state index in [1.54, 1.807) is 0 Å². The number of carbonyl (C=O) groups is 2. The number of fused-ring (bicyclic) bond motifs is 1. The molecule has 2 saturated heterocycles. The summed E-state index contributed by atoms with van der Waals surface area (Å²) in [6.07, 6.45) is 3.81. The molecule has 5 heteroatoms. The van der Waals surface area contributed by atoms with Crippen LogP contribution < -0.4 is 0 Å². The Morgan fingerprint density at radius 3 is 2.55 bits per heavy atom. The van der Waals surface area contributed by atoms with Crippen molar-refractivity contribution in [2.24, 2.45) is 5.41 Å². The summed E-state index contributed by atoms with van der Waals surface area (Å²) in [4.78, 5) is 27.8. The van der Waals surface area contributed by atoms with Crippen LogP contribution >= 0.6 is 0 Å². The fourth-order valence-corrected chi connectivity index (χ4v) is 3.43. The molecule has 2 rings (SSSR count). The first-order valence-corrected chi connectivity index (χ1v) is 7.61. The summed E-state index contributed by atoms with van der Waals surface area (Å²) < 4.78 is 0. The van der Waals surface area contributed by atoms with Crippen LogP contribution in [-0.2, 0) is 9.59 Å². The molecule has 20 heavy (non-hydrogen) atoms. The van der Waals surface area contributed by atoms with Crippen molar-refractivity contribution in [3.63, 3.8) is 0 Å². The maximum absolute atomic E-state index is 12.5. The summed E-state index contributed by atoms with van der Waals surface area (Å²) in [6, 6.07) is 0.518. The predicted octanol–water partition coefficient (Wildman–Crippen LogP) is 1.57. The van der Waals surface area contributed by atoms with Crippen LogP contribution in [0.15, 0.2) is 0 Å². The monoisotopic (exact) mass is 282 g/mol. The third-order valence-electron chi connectivity index (χ3n) is 4.42. The van der Waals surface area contributed by atoms with Crippen LogP contribution in [0.5, 0.6) is 0 Å². The first-order chi connectivity index (χ1) is 9.37. The number of amides is 1. The predicted molar refractivity (Wildman–Crippen MR) is 76.4 cm³/mol. The maximum atomic E-state index is 12.5. The second-order valence-electron chi connectivity index (χ2n) is 6.94. The first-order valence-electron chi connectivity index (χ1n) is 7.61. The molecule has 2 aliphatic heterocycles. The largest absolute Gasteiger partial charge is 0.481 e. The first kappa shape index (κ1) is 15.3. The molecule has 0 aromatic carbocycles. The Kier molecular flexibility index (Phi) is 4.68. The number of nitrogens with zero attached hydrogens (tertiary/aromatic N) is 2. The number of hydrogen-bond donors (Lipinski definition) is 1. The lowest BCUT2D eigenvalue weighted by Crippen LogP contribution is -2.41. The van der Waals surface area contributed by atoms with Crippen molar-refractivity contribution in [3.05, 3.63) is 0 Å². The van der Waals surface area contributed by atoms with Gasteiger partial charge in [0.15, 0.2) is 0 Å². The number of carbonyl (C=O) groups excluding carboxylic acids is 1. The molecule has 2 fully saturated rings. The lowest BCUT2D eigenvalue weighted by Gasteiger charge is -2.29. The average molecular weight is 282 g/mol. The van der Waals surface area contributed by atoms with Gasteiger partial charge in [0.2, 0.25) is 5.91 Å². The summed E-state index contributed by atoms with van der Waals surface area (Å²) >= 11 is 0. The highest BCUT2D eigenvalue weighted by atomic mass is 16.4. The van der Waals surface area contributed by atoms with Crippen molar-refractivity contribution in [1.29, 1.82) is 0 Å². The van der Waals surface area contributed by atoms with Crippen molar-refractivity contribution in [1.82, 2.24) is 9.80 Å². The van der Waals surface area contributed by atoms with E-state index in [0.29, 0.717) is 12.5 Å². The number of carboxylic acid groups (broad SMARTS) is 1. The molecule has 0 aliphatic carbocycles. The van der Waals surface area contributed by atoms with Crippen LogP contribution in [0.1, 0.15) is 46.0 Å². The molecule has 2 heterocycles. The molecule has 1 amide bonds. The molecule has 0 saturated carbocycles. The van der Waals surface area contributed by atoms with Crippen molar-refractivity contribution in [2.75, 3.05) is 26.2 Å². The van der Waals surface area contributed by atoms with Crippen LogP contribution in [0.4, 0.5) is 0 Å². The summed E-state index contributed by atoms with van der Waals surface area (Å²) in [7, 11) is 0. The Morgan fingerprint density at radius 2 is 1.85 bits per heavy atom. The highest BCUT2D eigenvalue weighted by Gasteiger charge is 2.33. The molecule has 1 atom stereocenters. The number of aliphatic carboxylic acids is 1. The Bertz CT molecular complexity index is 381. The second-order valence-corrected chi connectivity index (χ2v) is 6.94. The fraction of sp³-hybridized carbons (Fsp3) is 0.867. The van der Waals surface area contributed by atoms with E-state index in [9.17, 15) is 9.59 Å². The quantitative estimate of drug-likeness (QED) is 0.850. The highest BCUT2D eigenvalue weighted by Crippen LogP contribution is 2.27. The van der Waals surface area contributed by atoms with E-state index in [0.717, 1.165) is 32.6 Å². The van der Waals surface area contributed by atoms with Crippen LogP contribution in [0.25, 0.3) is 0 Å². The van der Waals surface area contributed by atoms with E-state index in [2.05, 4.69) is 4.90 Å². The minimum Gasteiger partial charge on any atom is -0.481 e. The van der Waals surface area contributed by atoms with E-state index in [1.165, 1.54) is 12.8 Å². The van der Waals surface area contributed by atoms with Crippen molar-refractivity contribution < 1.29 is 14.7 Å². The number of hydrogen-bond acceptors (Lipinski definition) is 3. The van der Waals surface area contributed by atoms with Gasteiger partial charge in [0.05, 0.1) is 6.42 Å². The van der Waals surface area contributed by atoms with E-state index in [-0.39, 0.29) is 12.3 Å². The lowest BCUT2D eigenvalue weighted by atomic mass is 9.85. The molecular formula is C15H26N2O3. The third kappa shape index (κ3) is 3.95. The summed E-state index contributed by atoms with van der Waals surface area (Å²) in [5.41, 5.74) is -0.468. The zero-order valence-electron chi connectivity index (χ0n) is 12.6. The molecule has 0 aromatic heterocycles.